The van der Waals surface area contributed by atoms with Crippen molar-refractivity contribution in [3.8, 4) is 5.75 Å². The predicted octanol–water partition coefficient (Wildman–Crippen LogP) is 1.89. The van der Waals surface area contributed by atoms with Gasteiger partial charge in [0.2, 0.25) is 0 Å². The van der Waals surface area contributed by atoms with Crippen molar-refractivity contribution in [2.75, 3.05) is 11.4 Å². The Balaban J connectivity index is 2.37. The molecule has 0 saturated heterocycles. The summed E-state index contributed by atoms with van der Waals surface area (Å²) < 4.78 is 0. The zero-order chi connectivity index (χ0) is 14.7. The van der Waals surface area contributed by atoms with Gasteiger partial charge < -0.3 is 10.2 Å². The van der Waals surface area contributed by atoms with E-state index in [0.717, 1.165) is 4.90 Å². The number of aliphatic carboxylic acids is 1. The molecular formula is C13H12N2O4S. The van der Waals surface area contributed by atoms with Crippen molar-refractivity contribution in [1.82, 2.24) is 4.98 Å². The number of benzene rings is 1. The smallest absolute Gasteiger partial charge is 0.323 e. The number of carbonyl (C=O) groups excluding carboxylic acids is 1. The van der Waals surface area contributed by atoms with Crippen LogP contribution in [-0.2, 0) is 4.79 Å². The number of aromatic nitrogens is 1. The van der Waals surface area contributed by atoms with E-state index >= 15 is 0 Å². The number of phenolic OH excluding ortho intramolecular Hbond substituents is 1. The zero-order valence-corrected chi connectivity index (χ0v) is 11.4. The third kappa shape index (κ3) is 2.94. The number of carboxylic acid groups (broad SMARTS) is 1. The summed E-state index contributed by atoms with van der Waals surface area (Å²) >= 11 is 1.17. The zero-order valence-electron chi connectivity index (χ0n) is 10.6. The van der Waals surface area contributed by atoms with Gasteiger partial charge in [0, 0.05) is 5.69 Å². The lowest BCUT2D eigenvalue weighted by molar-refractivity contribution is -0.135. The molecule has 1 aromatic heterocycles. The number of carboxylic acids is 1. The van der Waals surface area contributed by atoms with Crippen LogP contribution in [0.4, 0.5) is 5.69 Å². The van der Waals surface area contributed by atoms with Crippen molar-refractivity contribution in [2.24, 2.45) is 0 Å². The van der Waals surface area contributed by atoms with Crippen molar-refractivity contribution < 1.29 is 19.8 Å². The van der Waals surface area contributed by atoms with E-state index in [2.05, 4.69) is 4.98 Å². The largest absolute Gasteiger partial charge is 0.508 e. The van der Waals surface area contributed by atoms with Crippen molar-refractivity contribution in [1.29, 1.82) is 0 Å². The molecule has 0 fully saturated rings. The molecule has 2 N–H and O–H groups in total. The van der Waals surface area contributed by atoms with Gasteiger partial charge in [0.05, 0.1) is 11.2 Å². The van der Waals surface area contributed by atoms with E-state index in [1.54, 1.807) is 12.4 Å². The molecule has 2 aromatic rings. The van der Waals surface area contributed by atoms with E-state index in [-0.39, 0.29) is 5.75 Å². The molecule has 0 spiro atoms. The molecule has 1 heterocycles. The first kappa shape index (κ1) is 14.0. The number of hydrogen-bond donors (Lipinski definition) is 2. The van der Waals surface area contributed by atoms with Crippen LogP contribution in [0.2, 0.25) is 0 Å². The molecule has 0 radical (unpaired) electrons. The van der Waals surface area contributed by atoms with Gasteiger partial charge in [0.25, 0.3) is 5.91 Å². The van der Waals surface area contributed by atoms with Gasteiger partial charge in [-0.15, -0.1) is 11.3 Å². The minimum Gasteiger partial charge on any atom is -0.508 e. The molecule has 1 aromatic carbocycles. The van der Waals surface area contributed by atoms with Crippen LogP contribution >= 0.6 is 11.3 Å². The van der Waals surface area contributed by atoms with Gasteiger partial charge >= 0.3 is 5.97 Å². The molecular weight excluding hydrogens is 280 g/mol. The molecule has 0 aliphatic heterocycles. The fourth-order valence-electron chi connectivity index (χ4n) is 1.68. The SMILES string of the molecule is Cc1ncsc1C(=O)N(CC(=O)O)c1ccc(O)cc1. The second-order valence-corrected chi connectivity index (χ2v) is 4.92. The number of hydrogen-bond acceptors (Lipinski definition) is 5. The predicted molar refractivity (Wildman–Crippen MR) is 74.3 cm³/mol. The van der Waals surface area contributed by atoms with E-state index in [4.69, 9.17) is 5.11 Å². The average molecular weight is 292 g/mol. The van der Waals surface area contributed by atoms with Gasteiger partial charge in [-0.1, -0.05) is 0 Å². The fraction of sp³-hybridized carbons (Fsp3) is 0.154. The van der Waals surface area contributed by atoms with Crippen LogP contribution in [0.3, 0.4) is 0 Å². The van der Waals surface area contributed by atoms with E-state index in [1.807, 2.05) is 0 Å². The van der Waals surface area contributed by atoms with E-state index in [9.17, 15) is 14.7 Å². The number of aryl methyl sites for hydroxylation is 1. The molecule has 20 heavy (non-hydrogen) atoms. The van der Waals surface area contributed by atoms with Crippen LogP contribution in [0.25, 0.3) is 0 Å². The lowest BCUT2D eigenvalue weighted by atomic mass is 10.2. The van der Waals surface area contributed by atoms with E-state index in [1.165, 1.54) is 35.6 Å². The molecule has 1 amide bonds. The Kier molecular flexibility index (Phi) is 3.99. The van der Waals surface area contributed by atoms with Gasteiger partial charge in [-0.05, 0) is 31.2 Å². The maximum atomic E-state index is 12.4. The number of phenols is 1. The summed E-state index contributed by atoms with van der Waals surface area (Å²) in [7, 11) is 0. The van der Waals surface area contributed by atoms with Crippen LogP contribution in [0.15, 0.2) is 29.8 Å². The topological polar surface area (TPSA) is 90.7 Å². The molecule has 6 nitrogen and oxygen atoms in total. The third-order valence-electron chi connectivity index (χ3n) is 2.64. The summed E-state index contributed by atoms with van der Waals surface area (Å²) in [5.41, 5.74) is 2.51. The highest BCUT2D eigenvalue weighted by atomic mass is 32.1. The Morgan fingerprint density at radius 1 is 1.30 bits per heavy atom. The second kappa shape index (κ2) is 5.70. The number of carbonyl (C=O) groups is 2. The average Bonchev–Trinajstić information content (AvgIpc) is 2.82. The molecule has 0 saturated carbocycles. The Labute approximate surface area is 118 Å². The van der Waals surface area contributed by atoms with Crippen LogP contribution < -0.4 is 4.90 Å². The minimum absolute atomic E-state index is 0.0467. The molecule has 7 heteroatoms. The number of anilines is 1. The standard InChI is InChI=1S/C13H12N2O4S/c1-8-12(20-7-14-8)13(19)15(6-11(17)18)9-2-4-10(16)5-3-9/h2-5,7,16H,6H2,1H3,(H,17,18). The minimum atomic E-state index is -1.12. The molecule has 104 valence electrons. The molecule has 0 bridgehead atoms. The van der Waals surface area contributed by atoms with Gasteiger partial charge in [-0.3, -0.25) is 14.5 Å². The summed E-state index contributed by atoms with van der Waals surface area (Å²) in [6.07, 6.45) is 0. The summed E-state index contributed by atoms with van der Waals surface area (Å²) in [6.45, 7) is 1.24. The van der Waals surface area contributed by atoms with Crippen LogP contribution in [0.5, 0.6) is 5.75 Å². The fourth-order valence-corrected chi connectivity index (χ4v) is 2.43. The highest BCUT2D eigenvalue weighted by Gasteiger charge is 2.23. The van der Waals surface area contributed by atoms with E-state index < -0.39 is 18.4 Å². The molecule has 0 unspecified atom stereocenters. The number of aromatic hydroxyl groups is 1. The number of thiazole rings is 1. The van der Waals surface area contributed by atoms with Gasteiger partial charge in [-0.2, -0.15) is 0 Å². The Morgan fingerprint density at radius 2 is 1.95 bits per heavy atom. The van der Waals surface area contributed by atoms with Crippen LogP contribution in [0.1, 0.15) is 15.4 Å². The summed E-state index contributed by atoms with van der Waals surface area (Å²) in [6, 6.07) is 5.78. The maximum Gasteiger partial charge on any atom is 0.323 e. The van der Waals surface area contributed by atoms with Crippen molar-refractivity contribution in [3.05, 3.63) is 40.3 Å². The summed E-state index contributed by atoms with van der Waals surface area (Å²) in [5.74, 6) is -1.49. The quantitative estimate of drug-likeness (QED) is 0.898. The first-order chi connectivity index (χ1) is 9.49. The molecule has 0 atom stereocenters. The summed E-state index contributed by atoms with van der Waals surface area (Å²) in [4.78, 5) is 28.9. The summed E-state index contributed by atoms with van der Waals surface area (Å²) in [5, 5.41) is 18.2. The molecule has 0 aliphatic carbocycles. The third-order valence-corrected chi connectivity index (χ3v) is 3.56. The Hall–Kier alpha value is -2.41. The monoisotopic (exact) mass is 292 g/mol. The van der Waals surface area contributed by atoms with Crippen LogP contribution in [-0.4, -0.2) is 33.6 Å². The first-order valence-corrected chi connectivity index (χ1v) is 6.60. The lowest BCUT2D eigenvalue weighted by Gasteiger charge is -2.20. The normalized spacial score (nSPS) is 10.2. The highest BCUT2D eigenvalue weighted by molar-refractivity contribution is 7.12. The van der Waals surface area contributed by atoms with Crippen molar-refractivity contribution in [2.45, 2.75) is 6.92 Å². The van der Waals surface area contributed by atoms with Gasteiger partial charge in [-0.25, -0.2) is 4.98 Å². The van der Waals surface area contributed by atoms with Crippen molar-refractivity contribution in [3.63, 3.8) is 0 Å². The van der Waals surface area contributed by atoms with E-state index in [0.29, 0.717) is 16.3 Å². The Morgan fingerprint density at radius 3 is 2.45 bits per heavy atom. The van der Waals surface area contributed by atoms with Gasteiger partial charge in [0.1, 0.15) is 17.2 Å². The number of nitrogens with zero attached hydrogens (tertiary/aromatic N) is 2. The van der Waals surface area contributed by atoms with Crippen molar-refractivity contribution >= 4 is 28.9 Å². The maximum absolute atomic E-state index is 12.4. The first-order valence-electron chi connectivity index (χ1n) is 5.72. The Bertz CT molecular complexity index is 636. The molecule has 2 rings (SSSR count). The van der Waals surface area contributed by atoms with Gasteiger partial charge in [0.15, 0.2) is 0 Å². The number of amides is 1. The molecule has 0 aliphatic rings. The number of rotatable bonds is 4. The highest BCUT2D eigenvalue weighted by Crippen LogP contribution is 2.23. The second-order valence-electron chi connectivity index (χ2n) is 4.07. The lowest BCUT2D eigenvalue weighted by Crippen LogP contribution is -2.35. The van der Waals surface area contributed by atoms with Crippen LogP contribution in [0, 0.1) is 6.92 Å².